The summed E-state index contributed by atoms with van der Waals surface area (Å²) in [5, 5.41) is 8.55. The van der Waals surface area contributed by atoms with Crippen molar-refractivity contribution in [3.8, 4) is 5.69 Å². The van der Waals surface area contributed by atoms with E-state index in [9.17, 15) is 13.6 Å². The Hall–Kier alpha value is -3.46. The van der Waals surface area contributed by atoms with Gasteiger partial charge in [0.2, 0.25) is 5.91 Å². The number of thioether (sulfide) groups is 1. The van der Waals surface area contributed by atoms with E-state index in [0.717, 1.165) is 23.4 Å². The fraction of sp³-hybridized carbons (Fsp3) is 0.136. The molecule has 0 aliphatic rings. The van der Waals surface area contributed by atoms with Crippen LogP contribution in [0.2, 0.25) is 0 Å². The van der Waals surface area contributed by atoms with Crippen LogP contribution < -0.4 is 4.90 Å². The third kappa shape index (κ3) is 4.83. The van der Waals surface area contributed by atoms with Gasteiger partial charge in [0.15, 0.2) is 5.16 Å². The van der Waals surface area contributed by atoms with Crippen LogP contribution in [-0.2, 0) is 11.3 Å². The molecule has 0 spiro atoms. The Kier molecular flexibility index (Phi) is 6.13. The Bertz CT molecular complexity index is 1180. The number of amides is 1. The van der Waals surface area contributed by atoms with E-state index in [-0.39, 0.29) is 23.9 Å². The topological polar surface area (TPSA) is 64.2 Å². The first-order valence-electron chi connectivity index (χ1n) is 9.39. The second-order valence-corrected chi connectivity index (χ2v) is 7.71. The summed E-state index contributed by atoms with van der Waals surface area (Å²) in [7, 11) is 0. The molecule has 2 aromatic carbocycles. The van der Waals surface area contributed by atoms with Gasteiger partial charge in [0.25, 0.3) is 0 Å². The first-order chi connectivity index (χ1) is 15.0. The van der Waals surface area contributed by atoms with Crippen LogP contribution >= 0.6 is 11.8 Å². The van der Waals surface area contributed by atoms with Gasteiger partial charge >= 0.3 is 0 Å². The normalized spacial score (nSPS) is 10.9. The zero-order valence-corrected chi connectivity index (χ0v) is 17.4. The van der Waals surface area contributed by atoms with Crippen molar-refractivity contribution in [2.75, 3.05) is 10.7 Å². The third-order valence-electron chi connectivity index (χ3n) is 4.55. The molecule has 0 bridgehead atoms. The second kappa shape index (κ2) is 9.13. The molecule has 0 saturated carbocycles. The fourth-order valence-electron chi connectivity index (χ4n) is 2.98. The lowest BCUT2D eigenvalue weighted by Crippen LogP contribution is -2.32. The van der Waals surface area contributed by atoms with Crippen LogP contribution in [0.4, 0.5) is 14.5 Å². The van der Waals surface area contributed by atoms with Crippen LogP contribution in [0.25, 0.3) is 5.69 Å². The number of benzene rings is 2. The van der Waals surface area contributed by atoms with E-state index in [1.165, 1.54) is 29.0 Å². The maximum atomic E-state index is 14.4. The molecule has 0 fully saturated rings. The molecule has 0 N–H and O–H groups in total. The highest BCUT2D eigenvalue weighted by atomic mass is 32.2. The van der Waals surface area contributed by atoms with E-state index in [4.69, 9.17) is 4.42 Å². The molecule has 2 heterocycles. The summed E-state index contributed by atoms with van der Waals surface area (Å²) < 4.78 is 34.9. The quantitative estimate of drug-likeness (QED) is 0.387. The molecule has 0 saturated heterocycles. The van der Waals surface area contributed by atoms with Crippen molar-refractivity contribution in [3.05, 3.63) is 90.1 Å². The van der Waals surface area contributed by atoms with Crippen LogP contribution in [0, 0.1) is 18.6 Å². The number of furan rings is 1. The summed E-state index contributed by atoms with van der Waals surface area (Å²) in [6.45, 7) is 2.01. The zero-order valence-electron chi connectivity index (χ0n) is 16.5. The van der Waals surface area contributed by atoms with Crippen molar-refractivity contribution in [2.45, 2.75) is 18.6 Å². The average Bonchev–Trinajstić information content (AvgIpc) is 3.43. The molecule has 31 heavy (non-hydrogen) atoms. The van der Waals surface area contributed by atoms with Gasteiger partial charge in [-0.3, -0.25) is 9.36 Å². The highest BCUT2D eigenvalue weighted by Crippen LogP contribution is 2.26. The lowest BCUT2D eigenvalue weighted by atomic mass is 10.2. The molecule has 4 aromatic rings. The highest BCUT2D eigenvalue weighted by molar-refractivity contribution is 7.99. The number of carbonyl (C=O) groups excluding carboxylic acids is 1. The summed E-state index contributed by atoms with van der Waals surface area (Å²) >= 11 is 1.18. The standard InChI is InChI=1S/C22H18F2N4O2S/c1-15-4-7-17(8-5-15)28-14-25-26-22(28)31-13-21(29)27(12-18-3-2-10-30-18)20-9-6-16(23)11-19(20)24/h2-11,14H,12-13H2,1H3. The lowest BCUT2D eigenvalue weighted by molar-refractivity contribution is -0.116. The van der Waals surface area contributed by atoms with E-state index >= 15 is 0 Å². The smallest absolute Gasteiger partial charge is 0.237 e. The molecule has 1 amide bonds. The van der Waals surface area contributed by atoms with E-state index in [0.29, 0.717) is 10.9 Å². The number of nitrogens with zero attached hydrogens (tertiary/aromatic N) is 4. The molecular weight excluding hydrogens is 422 g/mol. The van der Waals surface area contributed by atoms with Gasteiger partial charge in [0.05, 0.1) is 24.2 Å². The number of hydrogen-bond donors (Lipinski definition) is 0. The van der Waals surface area contributed by atoms with Crippen LogP contribution in [0.1, 0.15) is 11.3 Å². The van der Waals surface area contributed by atoms with Crippen LogP contribution in [0.15, 0.2) is 76.8 Å². The average molecular weight is 440 g/mol. The molecule has 0 aliphatic heterocycles. The van der Waals surface area contributed by atoms with Gasteiger partial charge in [0, 0.05) is 11.8 Å². The maximum absolute atomic E-state index is 14.4. The highest BCUT2D eigenvalue weighted by Gasteiger charge is 2.22. The summed E-state index contributed by atoms with van der Waals surface area (Å²) in [4.78, 5) is 14.3. The van der Waals surface area contributed by atoms with E-state index < -0.39 is 11.6 Å². The number of hydrogen-bond acceptors (Lipinski definition) is 5. The van der Waals surface area contributed by atoms with Crippen LogP contribution in [-0.4, -0.2) is 26.4 Å². The fourth-order valence-corrected chi connectivity index (χ4v) is 3.78. The Morgan fingerprint density at radius 3 is 2.68 bits per heavy atom. The second-order valence-electron chi connectivity index (χ2n) is 6.76. The first-order valence-corrected chi connectivity index (χ1v) is 10.4. The minimum atomic E-state index is -0.826. The Morgan fingerprint density at radius 2 is 1.97 bits per heavy atom. The zero-order chi connectivity index (χ0) is 21.8. The number of halogens is 2. The molecule has 0 unspecified atom stereocenters. The molecule has 0 atom stereocenters. The molecule has 2 aromatic heterocycles. The monoisotopic (exact) mass is 440 g/mol. The molecule has 158 valence electrons. The summed E-state index contributed by atoms with van der Waals surface area (Å²) in [6.07, 6.45) is 3.04. The van der Waals surface area contributed by atoms with Gasteiger partial charge in [-0.15, -0.1) is 10.2 Å². The van der Waals surface area contributed by atoms with Gasteiger partial charge in [-0.2, -0.15) is 0 Å². The SMILES string of the molecule is Cc1ccc(-n2cnnc2SCC(=O)N(Cc2ccco2)c2ccc(F)cc2F)cc1. The van der Waals surface area contributed by atoms with Crippen LogP contribution in [0.5, 0.6) is 0 Å². The largest absolute Gasteiger partial charge is 0.467 e. The van der Waals surface area contributed by atoms with Crippen molar-refractivity contribution >= 4 is 23.4 Å². The summed E-state index contributed by atoms with van der Waals surface area (Å²) in [5.74, 6) is -1.47. The number of aryl methyl sites for hydroxylation is 1. The van der Waals surface area contributed by atoms with Gasteiger partial charge in [0.1, 0.15) is 23.7 Å². The number of carbonyl (C=O) groups is 1. The van der Waals surface area contributed by atoms with Gasteiger partial charge in [-0.25, -0.2) is 8.78 Å². The molecule has 0 radical (unpaired) electrons. The van der Waals surface area contributed by atoms with Crippen molar-refractivity contribution < 1.29 is 18.0 Å². The minimum Gasteiger partial charge on any atom is -0.467 e. The summed E-state index contributed by atoms with van der Waals surface area (Å²) in [5.41, 5.74) is 1.96. The maximum Gasteiger partial charge on any atom is 0.237 e. The number of anilines is 1. The van der Waals surface area contributed by atoms with E-state index in [1.54, 1.807) is 23.0 Å². The first kappa shape index (κ1) is 20.8. The third-order valence-corrected chi connectivity index (χ3v) is 5.48. The van der Waals surface area contributed by atoms with Crippen molar-refractivity contribution in [3.63, 3.8) is 0 Å². The predicted octanol–water partition coefficient (Wildman–Crippen LogP) is 4.77. The lowest BCUT2D eigenvalue weighted by Gasteiger charge is -2.22. The predicted molar refractivity (Wildman–Crippen MR) is 113 cm³/mol. The Balaban J connectivity index is 1.54. The molecule has 0 aliphatic carbocycles. The molecule has 9 heteroatoms. The Labute approximate surface area is 181 Å². The Morgan fingerprint density at radius 1 is 1.16 bits per heavy atom. The number of rotatable bonds is 7. The number of aromatic nitrogens is 3. The summed E-state index contributed by atoms with van der Waals surface area (Å²) in [6, 6.07) is 14.3. The molecule has 4 rings (SSSR count). The van der Waals surface area contributed by atoms with Gasteiger partial charge in [-0.1, -0.05) is 29.5 Å². The van der Waals surface area contributed by atoms with E-state index in [2.05, 4.69) is 10.2 Å². The molecule has 6 nitrogen and oxygen atoms in total. The van der Waals surface area contributed by atoms with Crippen molar-refractivity contribution in [2.24, 2.45) is 0 Å². The van der Waals surface area contributed by atoms with Crippen LogP contribution in [0.3, 0.4) is 0 Å². The minimum absolute atomic E-state index is 0.0135. The van der Waals surface area contributed by atoms with Gasteiger partial charge in [-0.05, 0) is 43.3 Å². The van der Waals surface area contributed by atoms with Gasteiger partial charge < -0.3 is 9.32 Å². The van der Waals surface area contributed by atoms with Crippen molar-refractivity contribution in [1.29, 1.82) is 0 Å². The molecular formula is C22H18F2N4O2S. The van der Waals surface area contributed by atoms with Crippen molar-refractivity contribution in [1.82, 2.24) is 14.8 Å². The van der Waals surface area contributed by atoms with E-state index in [1.807, 2.05) is 31.2 Å².